The van der Waals surface area contributed by atoms with Gasteiger partial charge in [-0.1, -0.05) is 6.07 Å². The standard InChI is InChI=1S/C16H25N5/c1-19(2)5-6-20-7-9-21(10-8-20)16-4-3-14(12-17)11-15(16)13-18/h3-4,11H,5-10,12,17H2,1-2H3. The molecule has 5 nitrogen and oxygen atoms in total. The van der Waals surface area contributed by atoms with Gasteiger partial charge >= 0.3 is 0 Å². The minimum Gasteiger partial charge on any atom is -0.368 e. The molecule has 1 fully saturated rings. The van der Waals surface area contributed by atoms with Crippen molar-refractivity contribution in [1.29, 1.82) is 5.26 Å². The van der Waals surface area contributed by atoms with Crippen molar-refractivity contribution in [3.8, 4) is 6.07 Å². The Morgan fingerprint density at radius 2 is 1.95 bits per heavy atom. The Morgan fingerprint density at radius 1 is 1.24 bits per heavy atom. The zero-order valence-electron chi connectivity index (χ0n) is 13.0. The van der Waals surface area contributed by atoms with Gasteiger partial charge < -0.3 is 15.5 Å². The lowest BCUT2D eigenvalue weighted by Gasteiger charge is -2.37. The Bertz CT molecular complexity index is 498. The normalized spacial score (nSPS) is 16.2. The van der Waals surface area contributed by atoms with Crippen LogP contribution in [0.15, 0.2) is 18.2 Å². The second kappa shape index (κ2) is 7.41. The number of piperazine rings is 1. The molecule has 1 saturated heterocycles. The van der Waals surface area contributed by atoms with Gasteiger partial charge in [-0.05, 0) is 31.8 Å². The molecule has 1 aromatic carbocycles. The van der Waals surface area contributed by atoms with Crippen LogP contribution < -0.4 is 10.6 Å². The summed E-state index contributed by atoms with van der Waals surface area (Å²) < 4.78 is 0. The van der Waals surface area contributed by atoms with Gasteiger partial charge in [0.15, 0.2) is 0 Å². The number of hydrogen-bond donors (Lipinski definition) is 1. The van der Waals surface area contributed by atoms with Gasteiger partial charge in [-0.3, -0.25) is 4.90 Å². The molecule has 2 N–H and O–H groups in total. The topological polar surface area (TPSA) is 59.5 Å². The largest absolute Gasteiger partial charge is 0.368 e. The van der Waals surface area contributed by atoms with E-state index in [1.807, 2.05) is 18.2 Å². The first-order chi connectivity index (χ1) is 10.1. The van der Waals surface area contributed by atoms with Crippen molar-refractivity contribution in [1.82, 2.24) is 9.80 Å². The van der Waals surface area contributed by atoms with Crippen LogP contribution in [0.3, 0.4) is 0 Å². The molecule has 0 bridgehead atoms. The number of likely N-dealkylation sites (N-methyl/N-ethyl adjacent to an activating group) is 1. The summed E-state index contributed by atoms with van der Waals surface area (Å²) in [5, 5.41) is 9.33. The van der Waals surface area contributed by atoms with E-state index in [0.717, 1.165) is 56.1 Å². The molecule has 2 rings (SSSR count). The Labute approximate surface area is 127 Å². The first kappa shape index (κ1) is 15.8. The van der Waals surface area contributed by atoms with Crippen molar-refractivity contribution in [3.63, 3.8) is 0 Å². The van der Waals surface area contributed by atoms with Crippen LogP contribution in [0.5, 0.6) is 0 Å². The molecular weight excluding hydrogens is 262 g/mol. The van der Waals surface area contributed by atoms with Gasteiger partial charge in [0.2, 0.25) is 0 Å². The molecule has 21 heavy (non-hydrogen) atoms. The fraction of sp³-hybridized carbons (Fsp3) is 0.562. The monoisotopic (exact) mass is 287 g/mol. The minimum atomic E-state index is 0.479. The lowest BCUT2D eigenvalue weighted by molar-refractivity contribution is 0.229. The molecule has 0 spiro atoms. The van der Waals surface area contributed by atoms with Gasteiger partial charge in [0.05, 0.1) is 11.3 Å². The van der Waals surface area contributed by atoms with Crippen molar-refractivity contribution in [2.45, 2.75) is 6.54 Å². The smallest absolute Gasteiger partial charge is 0.101 e. The van der Waals surface area contributed by atoms with Gasteiger partial charge in [0, 0.05) is 45.8 Å². The maximum absolute atomic E-state index is 9.33. The summed E-state index contributed by atoms with van der Waals surface area (Å²) in [6.45, 7) is 6.74. The molecule has 5 heteroatoms. The Balaban J connectivity index is 1.97. The number of nitrogens with two attached hydrogens (primary N) is 1. The molecule has 0 amide bonds. The van der Waals surface area contributed by atoms with E-state index < -0.39 is 0 Å². The number of benzene rings is 1. The third kappa shape index (κ3) is 4.18. The summed E-state index contributed by atoms with van der Waals surface area (Å²) in [7, 11) is 4.21. The lowest BCUT2D eigenvalue weighted by Crippen LogP contribution is -2.48. The second-order valence-electron chi connectivity index (χ2n) is 5.80. The van der Waals surface area contributed by atoms with Gasteiger partial charge in [0.1, 0.15) is 6.07 Å². The molecule has 114 valence electrons. The Hall–Kier alpha value is -1.61. The minimum absolute atomic E-state index is 0.479. The molecule has 0 unspecified atom stereocenters. The van der Waals surface area contributed by atoms with Crippen LogP contribution in [0.25, 0.3) is 0 Å². The fourth-order valence-electron chi connectivity index (χ4n) is 2.63. The third-order valence-corrected chi connectivity index (χ3v) is 3.99. The van der Waals surface area contributed by atoms with E-state index in [1.54, 1.807) is 0 Å². The van der Waals surface area contributed by atoms with Crippen LogP contribution in [0.2, 0.25) is 0 Å². The average Bonchev–Trinajstić information content (AvgIpc) is 2.52. The van der Waals surface area contributed by atoms with Crippen LogP contribution in [0, 0.1) is 11.3 Å². The molecule has 0 aromatic heterocycles. The van der Waals surface area contributed by atoms with E-state index in [9.17, 15) is 5.26 Å². The summed E-state index contributed by atoms with van der Waals surface area (Å²) in [6.07, 6.45) is 0. The van der Waals surface area contributed by atoms with Crippen LogP contribution in [0.4, 0.5) is 5.69 Å². The third-order valence-electron chi connectivity index (χ3n) is 3.99. The van der Waals surface area contributed by atoms with Gasteiger partial charge in [-0.2, -0.15) is 5.26 Å². The summed E-state index contributed by atoms with van der Waals surface area (Å²) in [6, 6.07) is 8.27. The molecule has 0 saturated carbocycles. The highest BCUT2D eigenvalue weighted by Gasteiger charge is 2.19. The highest BCUT2D eigenvalue weighted by molar-refractivity contribution is 5.60. The van der Waals surface area contributed by atoms with Crippen molar-refractivity contribution in [2.75, 3.05) is 58.3 Å². The van der Waals surface area contributed by atoms with Crippen molar-refractivity contribution in [2.24, 2.45) is 5.73 Å². The van der Waals surface area contributed by atoms with Gasteiger partial charge in [-0.25, -0.2) is 0 Å². The number of rotatable bonds is 5. The zero-order chi connectivity index (χ0) is 15.2. The predicted molar refractivity (Wildman–Crippen MR) is 86.3 cm³/mol. The molecule has 1 heterocycles. The highest BCUT2D eigenvalue weighted by Crippen LogP contribution is 2.22. The number of hydrogen-bond acceptors (Lipinski definition) is 5. The van der Waals surface area contributed by atoms with E-state index in [2.05, 4.69) is 34.9 Å². The molecule has 1 aliphatic rings. The van der Waals surface area contributed by atoms with Crippen molar-refractivity contribution < 1.29 is 0 Å². The summed E-state index contributed by atoms with van der Waals surface area (Å²) in [4.78, 5) is 7.01. The average molecular weight is 287 g/mol. The number of nitrogens with zero attached hydrogens (tertiary/aromatic N) is 4. The molecule has 0 atom stereocenters. The molecule has 0 radical (unpaired) electrons. The zero-order valence-corrected chi connectivity index (χ0v) is 13.0. The maximum atomic E-state index is 9.33. The highest BCUT2D eigenvalue weighted by atomic mass is 15.3. The van der Waals surface area contributed by atoms with Gasteiger partial charge in [-0.15, -0.1) is 0 Å². The maximum Gasteiger partial charge on any atom is 0.101 e. The first-order valence-corrected chi connectivity index (χ1v) is 7.49. The Morgan fingerprint density at radius 3 is 2.52 bits per heavy atom. The van der Waals surface area contributed by atoms with Gasteiger partial charge in [0.25, 0.3) is 0 Å². The van der Waals surface area contributed by atoms with Crippen LogP contribution in [0.1, 0.15) is 11.1 Å². The summed E-state index contributed by atoms with van der Waals surface area (Å²) in [5.74, 6) is 0. The number of anilines is 1. The van der Waals surface area contributed by atoms with Crippen molar-refractivity contribution >= 4 is 5.69 Å². The van der Waals surface area contributed by atoms with E-state index in [4.69, 9.17) is 5.73 Å². The van der Waals surface area contributed by atoms with E-state index in [-0.39, 0.29) is 0 Å². The first-order valence-electron chi connectivity index (χ1n) is 7.49. The number of nitriles is 1. The molecule has 0 aliphatic carbocycles. The predicted octanol–water partition coefficient (Wildman–Crippen LogP) is 0.701. The van der Waals surface area contributed by atoms with Crippen LogP contribution in [-0.2, 0) is 6.54 Å². The SMILES string of the molecule is CN(C)CCN1CCN(c2ccc(CN)cc2C#N)CC1. The van der Waals surface area contributed by atoms with Crippen LogP contribution in [-0.4, -0.2) is 63.2 Å². The summed E-state index contributed by atoms with van der Waals surface area (Å²) >= 11 is 0. The van der Waals surface area contributed by atoms with Crippen LogP contribution >= 0.6 is 0 Å². The lowest BCUT2D eigenvalue weighted by atomic mass is 10.1. The van der Waals surface area contributed by atoms with E-state index in [1.165, 1.54) is 0 Å². The van der Waals surface area contributed by atoms with E-state index in [0.29, 0.717) is 6.54 Å². The quantitative estimate of drug-likeness (QED) is 0.864. The Kier molecular flexibility index (Phi) is 5.57. The molecular formula is C16H25N5. The van der Waals surface area contributed by atoms with Crippen molar-refractivity contribution in [3.05, 3.63) is 29.3 Å². The molecule has 1 aliphatic heterocycles. The summed E-state index contributed by atoms with van der Waals surface area (Å²) in [5.41, 5.74) is 8.44. The molecule has 1 aromatic rings. The van der Waals surface area contributed by atoms with E-state index >= 15 is 0 Å². The second-order valence-corrected chi connectivity index (χ2v) is 5.80. The fourth-order valence-corrected chi connectivity index (χ4v) is 2.63.